The van der Waals surface area contributed by atoms with E-state index in [9.17, 15) is 4.79 Å². The molecule has 0 bridgehead atoms. The standard InChI is InChI=1S/C11H20N2O2/c1-15-10-4-2-9(3-5-10)13-7-6-12-8-11(13)14/h9-10,12H,2-8H2,1H3/t9-,10-. The van der Waals surface area contributed by atoms with Crippen molar-refractivity contribution in [3.63, 3.8) is 0 Å². The van der Waals surface area contributed by atoms with Crippen LogP contribution < -0.4 is 5.32 Å². The predicted molar refractivity (Wildman–Crippen MR) is 57.6 cm³/mol. The van der Waals surface area contributed by atoms with E-state index in [-0.39, 0.29) is 5.91 Å². The zero-order chi connectivity index (χ0) is 10.7. The fourth-order valence-corrected chi connectivity index (χ4v) is 2.60. The minimum Gasteiger partial charge on any atom is -0.381 e. The number of nitrogens with zero attached hydrogens (tertiary/aromatic N) is 1. The van der Waals surface area contributed by atoms with Gasteiger partial charge in [-0.15, -0.1) is 0 Å². The summed E-state index contributed by atoms with van der Waals surface area (Å²) < 4.78 is 5.34. The van der Waals surface area contributed by atoms with Crippen molar-refractivity contribution in [2.24, 2.45) is 0 Å². The molecule has 2 fully saturated rings. The van der Waals surface area contributed by atoms with Gasteiger partial charge >= 0.3 is 0 Å². The van der Waals surface area contributed by atoms with Crippen LogP contribution in [-0.4, -0.2) is 49.7 Å². The molecule has 0 aromatic rings. The highest BCUT2D eigenvalue weighted by Gasteiger charge is 2.29. The van der Waals surface area contributed by atoms with Crippen molar-refractivity contribution in [3.05, 3.63) is 0 Å². The van der Waals surface area contributed by atoms with Gasteiger partial charge in [0.05, 0.1) is 12.6 Å². The lowest BCUT2D eigenvalue weighted by molar-refractivity contribution is -0.135. The number of ether oxygens (including phenoxy) is 1. The third-order valence-electron chi connectivity index (χ3n) is 3.54. The normalized spacial score (nSPS) is 33.1. The Kier molecular flexibility index (Phi) is 3.59. The molecule has 0 aromatic heterocycles. The van der Waals surface area contributed by atoms with Crippen LogP contribution in [0.5, 0.6) is 0 Å². The summed E-state index contributed by atoms with van der Waals surface area (Å²) in [6, 6.07) is 0.464. The Bertz CT molecular complexity index is 225. The van der Waals surface area contributed by atoms with Crippen molar-refractivity contribution in [2.45, 2.75) is 37.8 Å². The van der Waals surface area contributed by atoms with Crippen LogP contribution in [0.2, 0.25) is 0 Å². The lowest BCUT2D eigenvalue weighted by atomic mass is 9.91. The van der Waals surface area contributed by atoms with Crippen molar-refractivity contribution in [1.82, 2.24) is 10.2 Å². The van der Waals surface area contributed by atoms with Crippen LogP contribution in [0.3, 0.4) is 0 Å². The minimum absolute atomic E-state index is 0.266. The Balaban J connectivity index is 1.86. The first kappa shape index (κ1) is 10.9. The van der Waals surface area contributed by atoms with E-state index in [0.717, 1.165) is 38.8 Å². The third-order valence-corrected chi connectivity index (χ3v) is 3.54. The first-order valence-electron chi connectivity index (χ1n) is 5.84. The molecule has 1 saturated carbocycles. The molecule has 86 valence electrons. The molecule has 4 heteroatoms. The Labute approximate surface area is 91.0 Å². The SMILES string of the molecule is CO[C@H]1CC[C@H](N2CCNCC2=O)CC1. The molecule has 1 saturated heterocycles. The second kappa shape index (κ2) is 4.94. The Morgan fingerprint density at radius 2 is 2.07 bits per heavy atom. The lowest BCUT2D eigenvalue weighted by Gasteiger charge is -2.38. The number of nitrogens with one attached hydrogen (secondary N) is 1. The fourth-order valence-electron chi connectivity index (χ4n) is 2.60. The topological polar surface area (TPSA) is 41.6 Å². The Hall–Kier alpha value is -0.610. The summed E-state index contributed by atoms with van der Waals surface area (Å²) in [5.74, 6) is 0.266. The van der Waals surface area contributed by atoms with Gasteiger partial charge in [-0.1, -0.05) is 0 Å². The highest BCUT2D eigenvalue weighted by molar-refractivity contribution is 5.79. The minimum atomic E-state index is 0.266. The van der Waals surface area contributed by atoms with Crippen LogP contribution in [0.4, 0.5) is 0 Å². The molecular weight excluding hydrogens is 192 g/mol. The second-order valence-corrected chi connectivity index (χ2v) is 4.43. The van der Waals surface area contributed by atoms with E-state index in [2.05, 4.69) is 10.2 Å². The van der Waals surface area contributed by atoms with Crippen LogP contribution in [0.1, 0.15) is 25.7 Å². The molecule has 2 aliphatic rings. The molecule has 4 nitrogen and oxygen atoms in total. The van der Waals surface area contributed by atoms with Crippen LogP contribution in [-0.2, 0) is 9.53 Å². The third kappa shape index (κ3) is 2.49. The summed E-state index contributed by atoms with van der Waals surface area (Å²) in [7, 11) is 1.78. The molecule has 0 radical (unpaired) electrons. The van der Waals surface area contributed by atoms with Crippen molar-refractivity contribution < 1.29 is 9.53 Å². The molecule has 15 heavy (non-hydrogen) atoms. The number of piperazine rings is 1. The predicted octanol–water partition coefficient (Wildman–Crippen LogP) is 0.376. The Morgan fingerprint density at radius 3 is 2.67 bits per heavy atom. The number of carbonyl (C=O) groups excluding carboxylic acids is 1. The summed E-state index contributed by atoms with van der Waals surface area (Å²) in [5.41, 5.74) is 0. The summed E-state index contributed by atoms with van der Waals surface area (Å²) in [5, 5.41) is 3.11. The van der Waals surface area contributed by atoms with Crippen LogP contribution >= 0.6 is 0 Å². The molecule has 1 N–H and O–H groups in total. The number of rotatable bonds is 2. The molecule has 1 aliphatic heterocycles. The first-order valence-corrected chi connectivity index (χ1v) is 5.84. The summed E-state index contributed by atoms with van der Waals surface area (Å²) >= 11 is 0. The molecule has 1 amide bonds. The van der Waals surface area contributed by atoms with E-state index in [1.807, 2.05) is 0 Å². The van der Waals surface area contributed by atoms with Crippen LogP contribution in [0, 0.1) is 0 Å². The van der Waals surface area contributed by atoms with Crippen molar-refractivity contribution in [2.75, 3.05) is 26.7 Å². The quantitative estimate of drug-likeness (QED) is 0.719. The van der Waals surface area contributed by atoms with Crippen LogP contribution in [0.25, 0.3) is 0 Å². The zero-order valence-corrected chi connectivity index (χ0v) is 9.37. The maximum atomic E-state index is 11.7. The van der Waals surface area contributed by atoms with Crippen molar-refractivity contribution in [1.29, 1.82) is 0 Å². The van der Waals surface area contributed by atoms with Gasteiger partial charge in [-0.3, -0.25) is 4.79 Å². The molecule has 0 aromatic carbocycles. The van der Waals surface area contributed by atoms with Gasteiger partial charge in [0.1, 0.15) is 0 Å². The van der Waals surface area contributed by atoms with Gasteiger partial charge in [0, 0.05) is 26.2 Å². The molecular formula is C11H20N2O2. The van der Waals surface area contributed by atoms with Gasteiger partial charge in [0.25, 0.3) is 0 Å². The number of hydrogen-bond acceptors (Lipinski definition) is 3. The van der Waals surface area contributed by atoms with E-state index in [1.54, 1.807) is 7.11 Å². The summed E-state index contributed by atoms with van der Waals surface area (Å²) in [6.07, 6.45) is 4.81. The van der Waals surface area contributed by atoms with E-state index in [4.69, 9.17) is 4.74 Å². The average molecular weight is 212 g/mol. The number of hydrogen-bond donors (Lipinski definition) is 1. The summed E-state index contributed by atoms with van der Waals surface area (Å²) in [6.45, 7) is 2.33. The van der Waals surface area contributed by atoms with Gasteiger partial charge in [-0.05, 0) is 25.7 Å². The van der Waals surface area contributed by atoms with E-state index in [1.165, 1.54) is 0 Å². The lowest BCUT2D eigenvalue weighted by Crippen LogP contribution is -2.53. The monoisotopic (exact) mass is 212 g/mol. The molecule has 1 aliphatic carbocycles. The number of amides is 1. The number of methoxy groups -OCH3 is 1. The molecule has 0 atom stereocenters. The maximum Gasteiger partial charge on any atom is 0.236 e. The van der Waals surface area contributed by atoms with E-state index in [0.29, 0.717) is 18.7 Å². The van der Waals surface area contributed by atoms with Gasteiger partial charge in [0.2, 0.25) is 5.91 Å². The highest BCUT2D eigenvalue weighted by atomic mass is 16.5. The van der Waals surface area contributed by atoms with Gasteiger partial charge < -0.3 is 15.0 Å². The first-order chi connectivity index (χ1) is 7.31. The molecule has 0 spiro atoms. The van der Waals surface area contributed by atoms with Gasteiger partial charge in [-0.25, -0.2) is 0 Å². The van der Waals surface area contributed by atoms with Crippen molar-refractivity contribution >= 4 is 5.91 Å². The van der Waals surface area contributed by atoms with Gasteiger partial charge in [-0.2, -0.15) is 0 Å². The van der Waals surface area contributed by atoms with E-state index >= 15 is 0 Å². The van der Waals surface area contributed by atoms with Crippen LogP contribution in [0.15, 0.2) is 0 Å². The maximum absolute atomic E-state index is 11.7. The van der Waals surface area contributed by atoms with E-state index < -0.39 is 0 Å². The highest BCUT2D eigenvalue weighted by Crippen LogP contribution is 2.25. The molecule has 2 rings (SSSR count). The second-order valence-electron chi connectivity index (χ2n) is 4.43. The summed E-state index contributed by atoms with van der Waals surface area (Å²) in [4.78, 5) is 13.7. The average Bonchev–Trinajstić information content (AvgIpc) is 2.30. The molecule has 1 heterocycles. The van der Waals surface area contributed by atoms with Gasteiger partial charge in [0.15, 0.2) is 0 Å². The fraction of sp³-hybridized carbons (Fsp3) is 0.909. The zero-order valence-electron chi connectivity index (χ0n) is 9.37. The van der Waals surface area contributed by atoms with Crippen molar-refractivity contribution in [3.8, 4) is 0 Å². The Morgan fingerprint density at radius 1 is 1.33 bits per heavy atom. The molecule has 0 unspecified atom stereocenters. The smallest absolute Gasteiger partial charge is 0.236 e. The largest absolute Gasteiger partial charge is 0.381 e. The number of carbonyl (C=O) groups is 1.